The van der Waals surface area contributed by atoms with Crippen LogP contribution in [-0.4, -0.2) is 21.0 Å². The van der Waals surface area contributed by atoms with Crippen LogP contribution in [0.25, 0.3) is 22.4 Å². The molecule has 30 heavy (non-hydrogen) atoms. The van der Waals surface area contributed by atoms with Crippen LogP contribution in [0.5, 0.6) is 0 Å². The van der Waals surface area contributed by atoms with E-state index in [9.17, 15) is 4.79 Å². The Morgan fingerprint density at radius 1 is 1.03 bits per heavy atom. The smallest absolute Gasteiger partial charge is 0.277 e. The molecule has 0 spiro atoms. The molecule has 1 atom stereocenters. The highest BCUT2D eigenvalue weighted by Gasteiger charge is 2.28. The first-order valence-corrected chi connectivity index (χ1v) is 10.3. The van der Waals surface area contributed by atoms with E-state index in [2.05, 4.69) is 15.2 Å². The lowest BCUT2D eigenvalue weighted by Gasteiger charge is -2.13. The first-order chi connectivity index (χ1) is 14.7. The Kier molecular flexibility index (Phi) is 4.72. The standard InChI is InChI=1S/C23H17N3O3S/c1-14-16(11-12-28-14)22-25-26-23(29-22)30-21(15-7-3-2-4-8-15)20(27)18-13-24-19-10-6-5-9-17(18)19/h2-13,21,24H,1H3/t21-/m1/s1. The van der Waals surface area contributed by atoms with Gasteiger partial charge < -0.3 is 13.8 Å². The number of nitrogens with one attached hydrogen (secondary N) is 1. The molecule has 0 amide bonds. The van der Waals surface area contributed by atoms with Gasteiger partial charge in [0.25, 0.3) is 11.1 Å². The molecule has 0 saturated carbocycles. The number of para-hydroxylation sites is 1. The zero-order valence-electron chi connectivity index (χ0n) is 16.0. The van der Waals surface area contributed by atoms with E-state index in [-0.39, 0.29) is 5.78 Å². The third kappa shape index (κ3) is 3.33. The molecule has 0 saturated heterocycles. The number of hydrogen-bond acceptors (Lipinski definition) is 6. The highest BCUT2D eigenvalue weighted by atomic mass is 32.2. The summed E-state index contributed by atoms with van der Waals surface area (Å²) in [7, 11) is 0. The maximum atomic E-state index is 13.6. The molecule has 0 fully saturated rings. The van der Waals surface area contributed by atoms with Gasteiger partial charge in [0.05, 0.1) is 11.8 Å². The van der Waals surface area contributed by atoms with Crippen molar-refractivity contribution in [1.29, 1.82) is 0 Å². The van der Waals surface area contributed by atoms with Gasteiger partial charge in [0.1, 0.15) is 11.0 Å². The number of H-pyrrole nitrogens is 1. The Labute approximate surface area is 176 Å². The van der Waals surface area contributed by atoms with Crippen molar-refractivity contribution in [3.05, 3.63) is 90.0 Å². The van der Waals surface area contributed by atoms with Crippen molar-refractivity contribution in [3.63, 3.8) is 0 Å². The van der Waals surface area contributed by atoms with Crippen molar-refractivity contribution in [2.45, 2.75) is 17.4 Å². The third-order valence-corrected chi connectivity index (χ3v) is 6.00. The van der Waals surface area contributed by atoms with Gasteiger partial charge in [0, 0.05) is 22.7 Å². The average Bonchev–Trinajstić information content (AvgIpc) is 3.51. The molecule has 3 heterocycles. The van der Waals surface area contributed by atoms with Gasteiger partial charge in [-0.1, -0.05) is 48.5 Å². The summed E-state index contributed by atoms with van der Waals surface area (Å²) in [4.78, 5) is 16.7. The number of aryl methyl sites for hydroxylation is 1. The van der Waals surface area contributed by atoms with Crippen LogP contribution in [0, 0.1) is 6.92 Å². The van der Waals surface area contributed by atoms with E-state index in [1.807, 2.05) is 61.5 Å². The van der Waals surface area contributed by atoms with E-state index in [0.29, 0.717) is 22.4 Å². The fraction of sp³-hybridized carbons (Fsp3) is 0.0870. The number of Topliss-reactive ketones (excluding diaryl/α,β-unsaturated/α-hetero) is 1. The molecule has 0 aliphatic heterocycles. The highest BCUT2D eigenvalue weighted by molar-refractivity contribution is 8.00. The second kappa shape index (κ2) is 7.68. The van der Waals surface area contributed by atoms with Gasteiger partial charge in [-0.3, -0.25) is 4.79 Å². The van der Waals surface area contributed by atoms with Crippen LogP contribution >= 0.6 is 11.8 Å². The molecule has 7 heteroatoms. The lowest BCUT2D eigenvalue weighted by molar-refractivity contribution is 0.0990. The molecular formula is C23H17N3O3S. The predicted octanol–water partition coefficient (Wildman–Crippen LogP) is 5.84. The van der Waals surface area contributed by atoms with Crippen LogP contribution < -0.4 is 0 Å². The van der Waals surface area contributed by atoms with Gasteiger partial charge in [0.2, 0.25) is 0 Å². The topological polar surface area (TPSA) is 84.9 Å². The lowest BCUT2D eigenvalue weighted by Crippen LogP contribution is -2.09. The van der Waals surface area contributed by atoms with E-state index in [1.165, 1.54) is 11.8 Å². The molecule has 0 bridgehead atoms. The van der Waals surface area contributed by atoms with Gasteiger partial charge in [-0.05, 0) is 36.4 Å². The molecule has 2 aromatic carbocycles. The van der Waals surface area contributed by atoms with Gasteiger partial charge in [-0.25, -0.2) is 0 Å². The fourth-order valence-electron chi connectivity index (χ4n) is 3.39. The molecule has 0 unspecified atom stereocenters. The van der Waals surface area contributed by atoms with Crippen LogP contribution in [0.3, 0.4) is 0 Å². The molecule has 1 N–H and O–H groups in total. The van der Waals surface area contributed by atoms with E-state index in [4.69, 9.17) is 8.83 Å². The van der Waals surface area contributed by atoms with E-state index < -0.39 is 5.25 Å². The SMILES string of the molecule is Cc1occc1-c1nnc(S[C@@H](C(=O)c2c[nH]c3ccccc23)c2ccccc2)o1. The Balaban J connectivity index is 1.51. The second-order valence-corrected chi connectivity index (χ2v) is 7.84. The second-order valence-electron chi connectivity index (χ2n) is 6.78. The quantitative estimate of drug-likeness (QED) is 0.277. The molecule has 5 rings (SSSR count). The molecule has 0 aliphatic rings. The summed E-state index contributed by atoms with van der Waals surface area (Å²) < 4.78 is 11.2. The largest absolute Gasteiger partial charge is 0.469 e. The molecule has 0 aliphatic carbocycles. The summed E-state index contributed by atoms with van der Waals surface area (Å²) in [6, 6.07) is 19.2. The van der Waals surface area contributed by atoms with Crippen molar-refractivity contribution in [2.24, 2.45) is 0 Å². The third-order valence-electron chi connectivity index (χ3n) is 4.91. The number of aromatic amines is 1. The van der Waals surface area contributed by atoms with Crippen LogP contribution in [0.2, 0.25) is 0 Å². The minimum atomic E-state index is -0.524. The van der Waals surface area contributed by atoms with Crippen molar-refractivity contribution < 1.29 is 13.6 Å². The number of furan rings is 1. The van der Waals surface area contributed by atoms with Crippen LogP contribution in [0.4, 0.5) is 0 Å². The van der Waals surface area contributed by atoms with Gasteiger partial charge in [-0.2, -0.15) is 0 Å². The van der Waals surface area contributed by atoms with E-state index in [1.54, 1.807) is 18.5 Å². The molecule has 6 nitrogen and oxygen atoms in total. The Bertz CT molecular complexity index is 1320. The van der Waals surface area contributed by atoms with Crippen LogP contribution in [0.1, 0.15) is 26.9 Å². The zero-order valence-corrected chi connectivity index (χ0v) is 16.8. The number of aromatic nitrogens is 3. The van der Waals surface area contributed by atoms with Crippen molar-refractivity contribution in [2.75, 3.05) is 0 Å². The lowest BCUT2D eigenvalue weighted by atomic mass is 10.0. The summed E-state index contributed by atoms with van der Waals surface area (Å²) in [6.07, 6.45) is 3.34. The highest BCUT2D eigenvalue weighted by Crippen LogP contribution is 2.39. The van der Waals surface area contributed by atoms with Crippen LogP contribution in [0.15, 0.2) is 87.2 Å². The minimum absolute atomic E-state index is 0.0251. The molecule has 5 aromatic rings. The number of hydrogen-bond donors (Lipinski definition) is 1. The predicted molar refractivity (Wildman–Crippen MR) is 114 cm³/mol. The maximum absolute atomic E-state index is 13.6. The van der Waals surface area contributed by atoms with Gasteiger partial charge in [0.15, 0.2) is 5.78 Å². The minimum Gasteiger partial charge on any atom is -0.469 e. The summed E-state index contributed by atoms with van der Waals surface area (Å²) in [6.45, 7) is 1.83. The summed E-state index contributed by atoms with van der Waals surface area (Å²) in [5, 5.41) is 8.97. The van der Waals surface area contributed by atoms with E-state index >= 15 is 0 Å². The monoisotopic (exact) mass is 415 g/mol. The van der Waals surface area contributed by atoms with Crippen LogP contribution in [-0.2, 0) is 0 Å². The normalized spacial score (nSPS) is 12.3. The van der Waals surface area contributed by atoms with Crippen molar-refractivity contribution >= 4 is 28.4 Å². The van der Waals surface area contributed by atoms with Crippen molar-refractivity contribution in [1.82, 2.24) is 15.2 Å². The molecule has 148 valence electrons. The van der Waals surface area contributed by atoms with Gasteiger partial charge >= 0.3 is 0 Å². The summed E-state index contributed by atoms with van der Waals surface area (Å²) >= 11 is 1.25. The number of benzene rings is 2. The molecular weight excluding hydrogens is 398 g/mol. The number of rotatable bonds is 6. The molecule has 3 aromatic heterocycles. The van der Waals surface area contributed by atoms with Crippen molar-refractivity contribution in [3.8, 4) is 11.5 Å². The number of carbonyl (C=O) groups excluding carboxylic acids is 1. The first kappa shape index (κ1) is 18.4. The summed E-state index contributed by atoms with van der Waals surface area (Å²) in [5.41, 5.74) is 3.18. The Morgan fingerprint density at radius 3 is 2.63 bits per heavy atom. The zero-order chi connectivity index (χ0) is 20.5. The summed E-state index contributed by atoms with van der Waals surface area (Å²) in [5.74, 6) is 1.04. The Hall–Kier alpha value is -3.58. The number of thioether (sulfide) groups is 1. The molecule has 0 radical (unpaired) electrons. The number of nitrogens with zero attached hydrogens (tertiary/aromatic N) is 2. The number of ketones is 1. The number of fused-ring (bicyclic) bond motifs is 1. The van der Waals surface area contributed by atoms with Gasteiger partial charge in [-0.15, -0.1) is 10.2 Å². The number of carbonyl (C=O) groups is 1. The average molecular weight is 415 g/mol. The maximum Gasteiger partial charge on any atom is 0.277 e. The fourth-order valence-corrected chi connectivity index (χ4v) is 4.34. The Morgan fingerprint density at radius 2 is 1.83 bits per heavy atom. The first-order valence-electron chi connectivity index (χ1n) is 9.40. The van der Waals surface area contributed by atoms with E-state index in [0.717, 1.165) is 22.0 Å².